The SMILES string of the molecule is CNCCOC(=O)OCOc1cccc2[nH]cc(CCN(C)CCC(=O)NCCOC(=O)OC(C)Oc3cccc4[nH]cc(CCN(C)CC(C)OC(=O)NCCOC(=O)OC(C)Oc5cccc6[nH]cc(CCN(C)C)c56)c34)c12. The van der Waals surface area contributed by atoms with E-state index in [1.807, 2.05) is 99.0 Å². The summed E-state index contributed by atoms with van der Waals surface area (Å²) in [6.45, 7) is 8.28. The van der Waals surface area contributed by atoms with Gasteiger partial charge in [-0.25, -0.2) is 19.2 Å². The van der Waals surface area contributed by atoms with Crippen molar-refractivity contribution in [2.75, 3.05) is 114 Å². The van der Waals surface area contributed by atoms with E-state index in [1.54, 1.807) is 40.0 Å². The Morgan fingerprint density at radius 3 is 1.55 bits per heavy atom. The molecule has 24 nitrogen and oxygen atoms in total. The van der Waals surface area contributed by atoms with Crippen LogP contribution >= 0.6 is 0 Å². The van der Waals surface area contributed by atoms with Gasteiger partial charge in [0.05, 0.1) is 13.1 Å². The zero-order valence-electron chi connectivity index (χ0n) is 46.9. The smallest absolute Gasteiger partial charge is 0.457 e. The zero-order chi connectivity index (χ0) is 57.4. The fourth-order valence-electron chi connectivity index (χ4n) is 8.59. The second-order valence-electron chi connectivity index (χ2n) is 19.3. The summed E-state index contributed by atoms with van der Waals surface area (Å²) in [6.07, 6.45) is 2.35. The molecule has 0 aliphatic carbocycles. The molecule has 0 aliphatic rings. The lowest BCUT2D eigenvalue weighted by molar-refractivity contribution is -0.121. The molecule has 6 N–H and O–H groups in total. The first-order chi connectivity index (χ1) is 38.6. The molecule has 2 amide bonds. The molecule has 0 radical (unpaired) electrons. The average molecular weight is 1120 g/mol. The number of carbonyl (C=O) groups excluding carboxylic acids is 5. The van der Waals surface area contributed by atoms with Gasteiger partial charge >= 0.3 is 24.6 Å². The third-order valence-corrected chi connectivity index (χ3v) is 12.5. The number of rotatable bonds is 33. The molecule has 3 aromatic carbocycles. The number of aromatic nitrogens is 3. The Morgan fingerprint density at radius 1 is 0.537 bits per heavy atom. The number of fused-ring (bicyclic) bond motifs is 3. The lowest BCUT2D eigenvalue weighted by atomic mass is 10.1. The number of likely N-dealkylation sites (N-methyl/N-ethyl adjacent to an activating group) is 4. The van der Waals surface area contributed by atoms with E-state index < -0.39 is 43.2 Å². The summed E-state index contributed by atoms with van der Waals surface area (Å²) < 4.78 is 54.4. The Kier molecular flexibility index (Phi) is 24.2. The number of hydrogen-bond donors (Lipinski definition) is 6. The van der Waals surface area contributed by atoms with E-state index in [0.29, 0.717) is 62.8 Å². The van der Waals surface area contributed by atoms with Gasteiger partial charge in [0.1, 0.15) is 43.2 Å². The maximum atomic E-state index is 12.6. The molecule has 0 saturated heterocycles. The van der Waals surface area contributed by atoms with E-state index >= 15 is 0 Å². The van der Waals surface area contributed by atoms with Crippen molar-refractivity contribution in [3.05, 3.63) is 89.9 Å². The molecule has 0 saturated carbocycles. The zero-order valence-corrected chi connectivity index (χ0v) is 46.9. The third-order valence-electron chi connectivity index (χ3n) is 12.5. The number of ether oxygens (including phenoxy) is 10. The van der Waals surface area contributed by atoms with Crippen LogP contribution < -0.4 is 30.2 Å². The number of benzene rings is 3. The maximum absolute atomic E-state index is 12.6. The number of nitrogens with zero attached hydrogens (tertiary/aromatic N) is 3. The minimum Gasteiger partial charge on any atom is -0.457 e. The van der Waals surface area contributed by atoms with Gasteiger partial charge in [0.2, 0.25) is 25.3 Å². The van der Waals surface area contributed by atoms with Crippen LogP contribution in [0.1, 0.15) is 43.9 Å². The van der Waals surface area contributed by atoms with Crippen LogP contribution in [0.25, 0.3) is 32.7 Å². The van der Waals surface area contributed by atoms with Crippen molar-refractivity contribution in [3.63, 3.8) is 0 Å². The summed E-state index contributed by atoms with van der Waals surface area (Å²) >= 11 is 0. The van der Waals surface area contributed by atoms with Crippen LogP contribution in [0.2, 0.25) is 0 Å². The van der Waals surface area contributed by atoms with Gasteiger partial charge in [0.25, 0.3) is 0 Å². The molecule has 80 heavy (non-hydrogen) atoms. The standard InChI is InChI=1S/C56H77N9O15/c1-37(76-53(67)59-24-31-73-56(70)80-38(2)77-47-16-10-13-44-51(47)40(32-61-44)18-25-63(5)6)35-65(8)27-20-42-34-62-45-14-11-17-48(52(42)45)78-39(3)79-55(69)72-30-23-58-49(66)21-28-64(7)26-19-41-33-60-43-12-9-15-46(50(41)43)74-36-75-54(68)71-29-22-57-4/h9-17,32-34,37-39,57,60-62H,18-31,35-36H2,1-8H3,(H,58,66)(H,59,67). The molecule has 6 rings (SSSR count). The summed E-state index contributed by atoms with van der Waals surface area (Å²) in [4.78, 5) is 77.9. The lowest BCUT2D eigenvalue weighted by Crippen LogP contribution is -2.36. The average Bonchev–Trinajstić information content (AvgIpc) is 4.17. The van der Waals surface area contributed by atoms with Crippen molar-refractivity contribution in [1.29, 1.82) is 0 Å². The molecule has 3 unspecified atom stereocenters. The minimum absolute atomic E-state index is 0.00901. The highest BCUT2D eigenvalue weighted by atomic mass is 16.8. The van der Waals surface area contributed by atoms with Crippen LogP contribution in [0.15, 0.2) is 73.2 Å². The molecular weight excluding hydrogens is 1040 g/mol. The van der Waals surface area contributed by atoms with Crippen molar-refractivity contribution < 1.29 is 71.3 Å². The minimum atomic E-state index is -0.999. The molecule has 0 bridgehead atoms. The predicted molar refractivity (Wildman–Crippen MR) is 298 cm³/mol. The summed E-state index contributed by atoms with van der Waals surface area (Å²) in [7, 11) is 9.62. The number of amides is 2. The highest BCUT2D eigenvalue weighted by Crippen LogP contribution is 2.32. The number of alkyl carbamates (subject to hydrolysis) is 1. The highest BCUT2D eigenvalue weighted by Gasteiger charge is 2.20. The Labute approximate surface area is 465 Å². The van der Waals surface area contributed by atoms with Crippen molar-refractivity contribution in [3.8, 4) is 17.2 Å². The molecule has 436 valence electrons. The summed E-state index contributed by atoms with van der Waals surface area (Å²) in [6, 6.07) is 16.8. The normalized spacial score (nSPS) is 12.5. The van der Waals surface area contributed by atoms with Crippen molar-refractivity contribution >= 4 is 63.2 Å². The van der Waals surface area contributed by atoms with Crippen molar-refractivity contribution in [2.45, 2.75) is 65.1 Å². The number of carbonyl (C=O) groups is 5. The number of aromatic amines is 3. The summed E-state index contributed by atoms with van der Waals surface area (Å²) in [5.41, 5.74) is 5.69. The Hall–Kier alpha value is -7.93. The topological polar surface area (TPSA) is 271 Å². The number of nitrogens with one attached hydrogen (secondary N) is 6. The first-order valence-corrected chi connectivity index (χ1v) is 26.6. The highest BCUT2D eigenvalue weighted by molar-refractivity contribution is 5.91. The Bertz CT molecular complexity index is 2920. The molecule has 3 aromatic heterocycles. The molecule has 0 fully saturated rings. The number of hydrogen-bond acceptors (Lipinski definition) is 19. The molecule has 3 atom stereocenters. The third kappa shape index (κ3) is 19.8. The lowest BCUT2D eigenvalue weighted by Gasteiger charge is -2.22. The van der Waals surface area contributed by atoms with Gasteiger partial charge in [0, 0.05) is 111 Å². The van der Waals surface area contributed by atoms with Crippen LogP contribution in [0.5, 0.6) is 17.2 Å². The summed E-state index contributed by atoms with van der Waals surface area (Å²) in [5, 5.41) is 10.9. The van der Waals surface area contributed by atoms with Crippen molar-refractivity contribution in [1.82, 2.24) is 45.6 Å². The largest absolute Gasteiger partial charge is 0.511 e. The van der Waals surface area contributed by atoms with E-state index in [9.17, 15) is 24.0 Å². The van der Waals surface area contributed by atoms with Crippen LogP contribution in [0.3, 0.4) is 0 Å². The van der Waals surface area contributed by atoms with E-state index in [2.05, 4.69) is 35.8 Å². The van der Waals surface area contributed by atoms with Gasteiger partial charge in [-0.3, -0.25) is 4.79 Å². The van der Waals surface area contributed by atoms with Crippen LogP contribution in [-0.4, -0.2) is 193 Å². The van der Waals surface area contributed by atoms with Gasteiger partial charge in [-0.2, -0.15) is 0 Å². The molecule has 0 spiro atoms. The number of H-pyrrole nitrogens is 3. The van der Waals surface area contributed by atoms with Gasteiger partial charge in [0.15, 0.2) is 0 Å². The van der Waals surface area contributed by atoms with Crippen LogP contribution in [-0.2, 0) is 57.2 Å². The first-order valence-electron chi connectivity index (χ1n) is 26.6. The molecule has 6 aromatic rings. The molecule has 24 heteroatoms. The van der Waals surface area contributed by atoms with Gasteiger partial charge in [-0.05, 0) is 115 Å². The Balaban J connectivity index is 0.819. The molecule has 3 heterocycles. The van der Waals surface area contributed by atoms with E-state index in [1.165, 1.54) is 0 Å². The molecule has 0 aliphatic heterocycles. The monoisotopic (exact) mass is 1120 g/mol. The predicted octanol–water partition coefficient (Wildman–Crippen LogP) is 6.67. The van der Waals surface area contributed by atoms with E-state index in [-0.39, 0.29) is 52.0 Å². The van der Waals surface area contributed by atoms with Crippen LogP contribution in [0.4, 0.5) is 19.2 Å². The van der Waals surface area contributed by atoms with Gasteiger partial charge in [-0.15, -0.1) is 0 Å². The van der Waals surface area contributed by atoms with E-state index in [4.69, 9.17) is 47.4 Å². The van der Waals surface area contributed by atoms with Gasteiger partial charge < -0.3 is 93.0 Å². The van der Waals surface area contributed by atoms with E-state index in [0.717, 1.165) is 62.4 Å². The second-order valence-corrected chi connectivity index (χ2v) is 19.3. The summed E-state index contributed by atoms with van der Waals surface area (Å²) in [5.74, 6) is 1.45. The Morgan fingerprint density at radius 2 is 1.01 bits per heavy atom. The second kappa shape index (κ2) is 31.6. The first kappa shape index (κ1) is 61.3. The fraction of sp³-hybridized carbons (Fsp3) is 0.482. The quantitative estimate of drug-likeness (QED) is 0.0109. The van der Waals surface area contributed by atoms with Crippen LogP contribution in [0, 0.1) is 0 Å². The molecular formula is C56H77N9O15. The van der Waals surface area contributed by atoms with Crippen molar-refractivity contribution in [2.24, 2.45) is 0 Å². The fourth-order valence-corrected chi connectivity index (χ4v) is 8.59. The van der Waals surface area contributed by atoms with Gasteiger partial charge in [-0.1, -0.05) is 18.2 Å². The maximum Gasteiger partial charge on any atom is 0.511 e.